The molecule has 1 heterocycles. The number of nitrogens with two attached hydrogens (primary N) is 1. The Hall–Kier alpha value is -1.82. The number of nitrogen functional groups attached to an aromatic ring is 1. The number of nitrogens with one attached hydrogen (secondary N) is 1. The maximum absolute atomic E-state index is 6.00. The molecule has 0 aliphatic rings. The molecule has 2 rings (SSSR count). The van der Waals surface area contributed by atoms with E-state index in [9.17, 15) is 0 Å². The lowest BCUT2D eigenvalue weighted by Crippen LogP contribution is -2.11. The van der Waals surface area contributed by atoms with E-state index < -0.39 is 0 Å². The van der Waals surface area contributed by atoms with Crippen LogP contribution in [0, 0.1) is 0 Å². The molecule has 2 aromatic rings. The predicted molar refractivity (Wildman–Crippen MR) is 83.8 cm³/mol. The summed E-state index contributed by atoms with van der Waals surface area (Å²) in [6, 6.07) is 8.15. The summed E-state index contributed by atoms with van der Waals surface area (Å²) in [6.45, 7) is 4.45. The fraction of sp³-hybridized carbons (Fsp3) is 0.286. The first-order valence-corrected chi connectivity index (χ1v) is 7.16. The highest BCUT2D eigenvalue weighted by atomic mass is 79.9. The van der Waals surface area contributed by atoms with Gasteiger partial charge in [0.25, 0.3) is 0 Å². The largest absolute Gasteiger partial charge is 0.476 e. The van der Waals surface area contributed by atoms with Gasteiger partial charge in [0.2, 0.25) is 5.88 Å². The van der Waals surface area contributed by atoms with Crippen molar-refractivity contribution in [1.82, 2.24) is 9.97 Å². The van der Waals surface area contributed by atoms with Crippen LogP contribution in [0.1, 0.15) is 25.5 Å². The molecule has 1 aromatic heterocycles. The van der Waals surface area contributed by atoms with Crippen LogP contribution < -0.4 is 15.8 Å². The Labute approximate surface area is 126 Å². The van der Waals surface area contributed by atoms with Gasteiger partial charge in [0, 0.05) is 4.47 Å². The van der Waals surface area contributed by atoms with E-state index in [-0.39, 0.29) is 6.04 Å². The smallest absolute Gasteiger partial charge is 0.242 e. The van der Waals surface area contributed by atoms with Gasteiger partial charge < -0.3 is 15.8 Å². The van der Waals surface area contributed by atoms with Gasteiger partial charge in [-0.1, -0.05) is 28.1 Å². The average molecular weight is 337 g/mol. The highest BCUT2D eigenvalue weighted by Gasteiger charge is 2.12. The zero-order valence-electron chi connectivity index (χ0n) is 11.4. The first-order chi connectivity index (χ1) is 9.61. The summed E-state index contributed by atoms with van der Waals surface area (Å²) in [5, 5.41) is 3.28. The Bertz CT molecular complexity index is 591. The van der Waals surface area contributed by atoms with Crippen LogP contribution in [-0.4, -0.2) is 16.6 Å². The third-order valence-electron chi connectivity index (χ3n) is 2.83. The molecule has 0 fully saturated rings. The topological polar surface area (TPSA) is 73.1 Å². The van der Waals surface area contributed by atoms with Crippen molar-refractivity contribution in [3.05, 3.63) is 40.6 Å². The summed E-state index contributed by atoms with van der Waals surface area (Å²) in [6.07, 6.45) is 1.44. The number of benzene rings is 1. The van der Waals surface area contributed by atoms with Gasteiger partial charge in [-0.3, -0.25) is 0 Å². The van der Waals surface area contributed by atoms with Gasteiger partial charge in [-0.2, -0.15) is 4.98 Å². The molecule has 5 nitrogen and oxygen atoms in total. The quantitative estimate of drug-likeness (QED) is 0.875. The molecule has 1 atom stereocenters. The Kier molecular flexibility index (Phi) is 4.79. The van der Waals surface area contributed by atoms with E-state index in [4.69, 9.17) is 10.5 Å². The van der Waals surface area contributed by atoms with Gasteiger partial charge in [0.05, 0.1) is 12.6 Å². The summed E-state index contributed by atoms with van der Waals surface area (Å²) >= 11 is 3.46. The van der Waals surface area contributed by atoms with Crippen molar-refractivity contribution in [2.45, 2.75) is 19.9 Å². The van der Waals surface area contributed by atoms with Crippen LogP contribution in [0.15, 0.2) is 35.1 Å². The monoisotopic (exact) mass is 336 g/mol. The Morgan fingerprint density at radius 2 is 2.20 bits per heavy atom. The van der Waals surface area contributed by atoms with Crippen LogP contribution in [-0.2, 0) is 0 Å². The number of aromatic nitrogens is 2. The van der Waals surface area contributed by atoms with Crippen molar-refractivity contribution in [2.75, 3.05) is 17.7 Å². The summed E-state index contributed by atoms with van der Waals surface area (Å²) in [7, 11) is 0. The lowest BCUT2D eigenvalue weighted by molar-refractivity contribution is 0.328. The van der Waals surface area contributed by atoms with Gasteiger partial charge in [-0.05, 0) is 31.5 Å². The fourth-order valence-corrected chi connectivity index (χ4v) is 2.23. The molecule has 0 saturated carbocycles. The van der Waals surface area contributed by atoms with Gasteiger partial charge >= 0.3 is 0 Å². The van der Waals surface area contributed by atoms with Crippen molar-refractivity contribution in [2.24, 2.45) is 0 Å². The number of hydrogen-bond acceptors (Lipinski definition) is 5. The molecular formula is C14H17BrN4O. The van der Waals surface area contributed by atoms with Crippen LogP contribution in [0.25, 0.3) is 0 Å². The minimum Gasteiger partial charge on any atom is -0.476 e. The third-order valence-corrected chi connectivity index (χ3v) is 3.32. The number of rotatable bonds is 5. The number of nitrogens with zero attached hydrogens (tertiary/aromatic N) is 2. The van der Waals surface area contributed by atoms with Gasteiger partial charge in [0.15, 0.2) is 5.82 Å². The standard InChI is InChI=1S/C14H17BrN4O/c1-3-20-14-12(16)13(17-8-18-14)19-9(2)10-5-4-6-11(15)7-10/h4-9H,3,16H2,1-2H3,(H,17,18,19). The minimum absolute atomic E-state index is 0.0687. The molecule has 0 aliphatic carbocycles. The SMILES string of the molecule is CCOc1ncnc(NC(C)c2cccc(Br)c2)c1N. The van der Waals surface area contributed by atoms with E-state index in [0.717, 1.165) is 10.0 Å². The van der Waals surface area contributed by atoms with E-state index in [1.165, 1.54) is 6.33 Å². The highest BCUT2D eigenvalue weighted by molar-refractivity contribution is 9.10. The predicted octanol–water partition coefficient (Wildman–Crippen LogP) is 3.39. The lowest BCUT2D eigenvalue weighted by Gasteiger charge is -2.17. The van der Waals surface area contributed by atoms with Crippen molar-refractivity contribution >= 4 is 27.4 Å². The van der Waals surface area contributed by atoms with E-state index in [1.807, 2.05) is 32.0 Å². The summed E-state index contributed by atoms with van der Waals surface area (Å²) in [5.74, 6) is 0.988. The van der Waals surface area contributed by atoms with Gasteiger partial charge in [-0.15, -0.1) is 0 Å². The zero-order valence-corrected chi connectivity index (χ0v) is 13.0. The fourth-order valence-electron chi connectivity index (χ4n) is 1.81. The first kappa shape index (κ1) is 14.6. The number of anilines is 2. The van der Waals surface area contributed by atoms with Gasteiger partial charge in [-0.25, -0.2) is 4.98 Å². The number of halogens is 1. The Balaban J connectivity index is 2.19. The van der Waals surface area contributed by atoms with E-state index in [0.29, 0.717) is 24.0 Å². The van der Waals surface area contributed by atoms with Crippen LogP contribution in [0.4, 0.5) is 11.5 Å². The molecule has 1 unspecified atom stereocenters. The second-order valence-corrected chi connectivity index (χ2v) is 5.21. The van der Waals surface area contributed by atoms with Crippen molar-refractivity contribution in [3.8, 4) is 5.88 Å². The second kappa shape index (κ2) is 6.56. The molecule has 1 aromatic carbocycles. The van der Waals surface area contributed by atoms with E-state index in [2.05, 4.69) is 37.3 Å². The molecule has 106 valence electrons. The van der Waals surface area contributed by atoms with Crippen molar-refractivity contribution in [1.29, 1.82) is 0 Å². The molecule has 0 spiro atoms. The maximum Gasteiger partial charge on any atom is 0.242 e. The number of ether oxygens (including phenoxy) is 1. The Morgan fingerprint density at radius 3 is 2.90 bits per heavy atom. The molecule has 6 heteroatoms. The molecule has 0 bridgehead atoms. The maximum atomic E-state index is 6.00. The highest BCUT2D eigenvalue weighted by Crippen LogP contribution is 2.28. The lowest BCUT2D eigenvalue weighted by atomic mass is 10.1. The molecule has 20 heavy (non-hydrogen) atoms. The molecular weight excluding hydrogens is 320 g/mol. The summed E-state index contributed by atoms with van der Waals surface area (Å²) in [5.41, 5.74) is 7.57. The zero-order chi connectivity index (χ0) is 14.5. The minimum atomic E-state index is 0.0687. The van der Waals surface area contributed by atoms with E-state index >= 15 is 0 Å². The third kappa shape index (κ3) is 3.39. The second-order valence-electron chi connectivity index (χ2n) is 4.30. The van der Waals surface area contributed by atoms with Crippen LogP contribution >= 0.6 is 15.9 Å². The van der Waals surface area contributed by atoms with Gasteiger partial charge in [0.1, 0.15) is 12.0 Å². The normalized spacial score (nSPS) is 11.9. The summed E-state index contributed by atoms with van der Waals surface area (Å²) in [4.78, 5) is 8.19. The molecule has 0 saturated heterocycles. The van der Waals surface area contributed by atoms with Crippen LogP contribution in [0.2, 0.25) is 0 Å². The van der Waals surface area contributed by atoms with E-state index in [1.54, 1.807) is 0 Å². The van der Waals surface area contributed by atoms with Crippen LogP contribution in [0.3, 0.4) is 0 Å². The summed E-state index contributed by atoms with van der Waals surface area (Å²) < 4.78 is 6.40. The number of hydrogen-bond donors (Lipinski definition) is 2. The average Bonchev–Trinajstić information content (AvgIpc) is 2.43. The van der Waals surface area contributed by atoms with Crippen molar-refractivity contribution < 1.29 is 4.74 Å². The van der Waals surface area contributed by atoms with Crippen molar-refractivity contribution in [3.63, 3.8) is 0 Å². The first-order valence-electron chi connectivity index (χ1n) is 6.37. The Morgan fingerprint density at radius 1 is 1.40 bits per heavy atom. The molecule has 0 amide bonds. The molecule has 3 N–H and O–H groups in total. The molecule has 0 aliphatic heterocycles. The van der Waals surface area contributed by atoms with Crippen LogP contribution in [0.5, 0.6) is 5.88 Å². The molecule has 0 radical (unpaired) electrons.